The van der Waals surface area contributed by atoms with E-state index < -0.39 is 0 Å². The van der Waals surface area contributed by atoms with E-state index in [2.05, 4.69) is 15.2 Å². The van der Waals surface area contributed by atoms with Crippen LogP contribution in [-0.4, -0.2) is 54.5 Å². The van der Waals surface area contributed by atoms with Crippen LogP contribution in [-0.2, 0) is 4.79 Å². The lowest BCUT2D eigenvalue weighted by molar-refractivity contribution is -0.133. The van der Waals surface area contributed by atoms with Crippen LogP contribution in [0.1, 0.15) is 17.0 Å². The minimum absolute atomic E-state index is 0.00997. The zero-order chi connectivity index (χ0) is 22.3. The molecule has 1 aliphatic heterocycles. The minimum Gasteiger partial charge on any atom is -0.484 e. The number of furan rings is 1. The molecule has 1 aromatic carbocycles. The Morgan fingerprint density at radius 1 is 1.06 bits per heavy atom. The fourth-order valence-corrected chi connectivity index (χ4v) is 3.54. The predicted octanol–water partition coefficient (Wildman–Crippen LogP) is 3.70. The number of pyridine rings is 1. The van der Waals surface area contributed by atoms with Crippen molar-refractivity contribution in [2.75, 3.05) is 43.0 Å². The van der Waals surface area contributed by atoms with Gasteiger partial charge in [-0.3, -0.25) is 9.59 Å². The molecule has 2 aromatic heterocycles. The molecule has 0 atom stereocenters. The molecule has 2 amide bonds. The summed E-state index contributed by atoms with van der Waals surface area (Å²) < 4.78 is 10.7. The molecule has 3 aromatic rings. The highest BCUT2D eigenvalue weighted by molar-refractivity contribution is 6.30. The third-order valence-electron chi connectivity index (χ3n) is 5.10. The second kappa shape index (κ2) is 10.2. The number of aromatic nitrogens is 1. The van der Waals surface area contributed by atoms with Crippen LogP contribution in [0.25, 0.3) is 0 Å². The van der Waals surface area contributed by atoms with Crippen LogP contribution in [0.2, 0.25) is 5.02 Å². The van der Waals surface area contributed by atoms with Crippen LogP contribution in [0.4, 0.5) is 11.5 Å². The zero-order valence-electron chi connectivity index (χ0n) is 17.4. The Hall–Kier alpha value is -3.52. The van der Waals surface area contributed by atoms with Gasteiger partial charge in [0.25, 0.3) is 11.8 Å². The van der Waals surface area contributed by atoms with Crippen molar-refractivity contribution in [3.8, 4) is 5.75 Å². The summed E-state index contributed by atoms with van der Waals surface area (Å²) in [7, 11) is 0. The molecule has 0 unspecified atom stereocenters. The van der Waals surface area contributed by atoms with Crippen molar-refractivity contribution in [1.82, 2.24) is 9.88 Å². The van der Waals surface area contributed by atoms with Gasteiger partial charge in [-0.25, -0.2) is 4.98 Å². The second-order valence-corrected chi connectivity index (χ2v) is 7.74. The second-order valence-electron chi connectivity index (χ2n) is 7.30. The molecule has 0 radical (unpaired) electrons. The number of amides is 2. The maximum absolute atomic E-state index is 12.6. The summed E-state index contributed by atoms with van der Waals surface area (Å²) in [6.07, 6.45) is 3.89. The van der Waals surface area contributed by atoms with Crippen LogP contribution >= 0.6 is 11.6 Å². The number of ether oxygens (including phenoxy) is 1. The number of halogens is 1. The molecule has 0 bridgehead atoms. The van der Waals surface area contributed by atoms with Crippen LogP contribution in [0, 0.1) is 0 Å². The summed E-state index contributed by atoms with van der Waals surface area (Å²) in [6.45, 7) is 2.69. The van der Waals surface area contributed by atoms with E-state index in [4.69, 9.17) is 20.8 Å². The van der Waals surface area contributed by atoms with Crippen molar-refractivity contribution in [1.29, 1.82) is 0 Å². The lowest BCUT2D eigenvalue weighted by atomic mass is 10.3. The largest absolute Gasteiger partial charge is 0.484 e. The molecule has 1 aliphatic rings. The molecule has 32 heavy (non-hydrogen) atoms. The topological polar surface area (TPSA) is 87.9 Å². The lowest BCUT2D eigenvalue weighted by Gasteiger charge is -2.23. The maximum atomic E-state index is 12.6. The van der Waals surface area contributed by atoms with E-state index >= 15 is 0 Å². The minimum atomic E-state index is -0.325. The summed E-state index contributed by atoms with van der Waals surface area (Å²) in [6, 6.07) is 13.9. The lowest BCUT2D eigenvalue weighted by Crippen LogP contribution is -2.38. The van der Waals surface area contributed by atoms with Crippen molar-refractivity contribution in [2.24, 2.45) is 0 Å². The van der Waals surface area contributed by atoms with E-state index in [-0.39, 0.29) is 24.2 Å². The van der Waals surface area contributed by atoms with Crippen molar-refractivity contribution < 1.29 is 18.7 Å². The fourth-order valence-electron chi connectivity index (χ4n) is 3.41. The van der Waals surface area contributed by atoms with Gasteiger partial charge in [0.15, 0.2) is 12.4 Å². The predicted molar refractivity (Wildman–Crippen MR) is 121 cm³/mol. The Balaban J connectivity index is 1.28. The first-order chi connectivity index (χ1) is 15.6. The maximum Gasteiger partial charge on any atom is 0.291 e. The number of hydrogen-bond donors (Lipinski definition) is 1. The molecule has 1 saturated heterocycles. The van der Waals surface area contributed by atoms with Crippen molar-refractivity contribution in [3.63, 3.8) is 0 Å². The summed E-state index contributed by atoms with van der Waals surface area (Å²) in [5.74, 6) is 1.28. The molecular weight excluding hydrogens is 432 g/mol. The molecule has 0 spiro atoms. The highest BCUT2D eigenvalue weighted by Gasteiger charge is 2.20. The fraction of sp³-hybridized carbons (Fsp3) is 0.261. The van der Waals surface area contributed by atoms with Gasteiger partial charge in [0, 0.05) is 31.2 Å². The number of carbonyl (C=O) groups excluding carboxylic acids is 2. The van der Waals surface area contributed by atoms with Gasteiger partial charge in [0.2, 0.25) is 0 Å². The molecular formula is C23H23ClN4O4. The van der Waals surface area contributed by atoms with Crippen molar-refractivity contribution in [2.45, 2.75) is 6.42 Å². The molecule has 0 saturated carbocycles. The molecule has 3 heterocycles. The Labute approximate surface area is 190 Å². The molecule has 1 N–H and O–H groups in total. The summed E-state index contributed by atoms with van der Waals surface area (Å²) in [5.41, 5.74) is 0.584. The van der Waals surface area contributed by atoms with E-state index in [0.717, 1.165) is 18.8 Å². The van der Waals surface area contributed by atoms with Crippen LogP contribution in [0.5, 0.6) is 5.75 Å². The number of anilines is 2. The number of nitrogens with zero attached hydrogens (tertiary/aromatic N) is 3. The van der Waals surface area contributed by atoms with E-state index in [0.29, 0.717) is 36.1 Å². The van der Waals surface area contributed by atoms with Gasteiger partial charge in [0.05, 0.1) is 18.1 Å². The van der Waals surface area contributed by atoms with E-state index in [9.17, 15) is 9.59 Å². The molecule has 8 nitrogen and oxygen atoms in total. The standard InChI is InChI=1S/C23H23ClN4O4/c24-17-4-7-19(8-5-17)32-16-22(29)28-11-2-10-27(12-13-28)21-9-6-18(15-25-21)26-23(30)20-3-1-14-31-20/h1,3-9,14-15H,2,10-13,16H2,(H,26,30). The smallest absolute Gasteiger partial charge is 0.291 e. The van der Waals surface area contributed by atoms with Crippen LogP contribution < -0.4 is 15.0 Å². The number of hydrogen-bond acceptors (Lipinski definition) is 6. The van der Waals surface area contributed by atoms with Crippen LogP contribution in [0.3, 0.4) is 0 Å². The normalized spacial score (nSPS) is 14.0. The van der Waals surface area contributed by atoms with E-state index in [1.54, 1.807) is 48.7 Å². The van der Waals surface area contributed by atoms with Gasteiger partial charge in [-0.15, -0.1) is 0 Å². The van der Waals surface area contributed by atoms with Gasteiger partial charge < -0.3 is 24.3 Å². The number of carbonyl (C=O) groups is 2. The Bertz CT molecular complexity index is 1040. The first-order valence-corrected chi connectivity index (χ1v) is 10.7. The first-order valence-electron chi connectivity index (χ1n) is 10.3. The SMILES string of the molecule is O=C(Nc1ccc(N2CCCN(C(=O)COc3ccc(Cl)cc3)CC2)nc1)c1ccco1. The highest BCUT2D eigenvalue weighted by atomic mass is 35.5. The molecule has 0 aliphatic carbocycles. The van der Waals surface area contributed by atoms with Gasteiger partial charge in [-0.2, -0.15) is 0 Å². The van der Waals surface area contributed by atoms with Crippen molar-refractivity contribution >= 4 is 34.9 Å². The number of nitrogens with one attached hydrogen (secondary N) is 1. The van der Waals surface area contributed by atoms with Crippen LogP contribution in [0.15, 0.2) is 65.4 Å². The quantitative estimate of drug-likeness (QED) is 0.611. The summed E-state index contributed by atoms with van der Waals surface area (Å²) >= 11 is 5.87. The molecule has 4 rings (SSSR count). The molecule has 9 heteroatoms. The third-order valence-corrected chi connectivity index (χ3v) is 5.35. The summed E-state index contributed by atoms with van der Waals surface area (Å²) in [5, 5.41) is 3.37. The van der Waals surface area contributed by atoms with E-state index in [1.165, 1.54) is 6.26 Å². The molecule has 1 fully saturated rings. The van der Waals surface area contributed by atoms with Gasteiger partial charge >= 0.3 is 0 Å². The highest BCUT2D eigenvalue weighted by Crippen LogP contribution is 2.18. The third kappa shape index (κ3) is 5.59. The molecule has 166 valence electrons. The summed E-state index contributed by atoms with van der Waals surface area (Å²) in [4.78, 5) is 33.1. The first kappa shape index (κ1) is 21.7. The van der Waals surface area contributed by atoms with Gasteiger partial charge in [-0.1, -0.05) is 11.6 Å². The Morgan fingerprint density at radius 3 is 2.62 bits per heavy atom. The van der Waals surface area contributed by atoms with E-state index in [1.807, 2.05) is 11.0 Å². The monoisotopic (exact) mass is 454 g/mol. The van der Waals surface area contributed by atoms with Gasteiger partial charge in [0.1, 0.15) is 11.6 Å². The Kier molecular flexibility index (Phi) is 6.91. The van der Waals surface area contributed by atoms with Crippen molar-refractivity contribution in [3.05, 3.63) is 71.8 Å². The zero-order valence-corrected chi connectivity index (χ0v) is 18.1. The number of benzene rings is 1. The van der Waals surface area contributed by atoms with Gasteiger partial charge in [-0.05, 0) is 55.0 Å². The Morgan fingerprint density at radius 2 is 1.91 bits per heavy atom. The number of rotatable bonds is 6. The average molecular weight is 455 g/mol. The average Bonchev–Trinajstić information content (AvgIpc) is 3.24.